The van der Waals surface area contributed by atoms with Crippen molar-refractivity contribution >= 4 is 46.8 Å². The van der Waals surface area contributed by atoms with Gasteiger partial charge >= 0.3 is 0 Å². The predicted molar refractivity (Wildman–Crippen MR) is 95.6 cm³/mol. The highest BCUT2D eigenvalue weighted by Crippen LogP contribution is 2.34. The number of carbonyl (C=O) groups excluding carboxylic acids is 2. The molecule has 0 fully saturated rings. The van der Waals surface area contributed by atoms with Crippen molar-refractivity contribution in [1.29, 1.82) is 0 Å². The van der Waals surface area contributed by atoms with E-state index in [1.165, 1.54) is 25.3 Å². The number of aldehydes is 1. The third-order valence-electron chi connectivity index (χ3n) is 3.18. The third kappa shape index (κ3) is 4.62. The van der Waals surface area contributed by atoms with Crippen molar-refractivity contribution in [2.75, 3.05) is 19.0 Å². The molecule has 26 heavy (non-hydrogen) atoms. The van der Waals surface area contributed by atoms with Gasteiger partial charge in [0.2, 0.25) is 0 Å². The molecule has 0 aliphatic rings. The highest BCUT2D eigenvalue weighted by Gasteiger charge is 2.17. The van der Waals surface area contributed by atoms with E-state index >= 15 is 0 Å². The van der Waals surface area contributed by atoms with Crippen molar-refractivity contribution < 1.29 is 24.0 Å². The quantitative estimate of drug-likeness (QED) is 0.432. The Hall–Kier alpha value is -2.84. The van der Waals surface area contributed by atoms with Gasteiger partial charge in [-0.25, -0.2) is 0 Å². The Balaban J connectivity index is 2.08. The van der Waals surface area contributed by atoms with Gasteiger partial charge in [-0.05, 0) is 18.2 Å². The molecule has 136 valence electrons. The largest absolute Gasteiger partial charge is 0.493 e. The number of halogens is 2. The minimum Gasteiger partial charge on any atom is -0.493 e. The number of non-ortho nitro benzene ring substituents is 1. The lowest BCUT2D eigenvalue weighted by Gasteiger charge is -2.12. The Kier molecular flexibility index (Phi) is 6.37. The fraction of sp³-hybridized carbons (Fsp3) is 0.125. The van der Waals surface area contributed by atoms with Gasteiger partial charge in [-0.1, -0.05) is 23.2 Å². The molecule has 0 unspecified atom stereocenters. The zero-order valence-electron chi connectivity index (χ0n) is 13.3. The molecule has 8 nitrogen and oxygen atoms in total. The van der Waals surface area contributed by atoms with Crippen LogP contribution in [0, 0.1) is 10.1 Å². The van der Waals surface area contributed by atoms with Gasteiger partial charge in [0.15, 0.2) is 18.1 Å². The Morgan fingerprint density at radius 1 is 1.23 bits per heavy atom. The van der Waals surface area contributed by atoms with Crippen LogP contribution >= 0.6 is 23.2 Å². The number of nitro benzene ring substituents is 1. The second-order valence-electron chi connectivity index (χ2n) is 4.91. The van der Waals surface area contributed by atoms with Gasteiger partial charge in [0.1, 0.15) is 6.29 Å². The zero-order valence-corrected chi connectivity index (χ0v) is 14.8. The summed E-state index contributed by atoms with van der Waals surface area (Å²) in [6, 6.07) is 6.61. The maximum atomic E-state index is 12.0. The van der Waals surface area contributed by atoms with Gasteiger partial charge in [-0.15, -0.1) is 0 Å². The fourth-order valence-electron chi connectivity index (χ4n) is 1.98. The van der Waals surface area contributed by atoms with Crippen molar-refractivity contribution in [3.05, 3.63) is 56.1 Å². The molecule has 10 heteroatoms. The number of anilines is 1. The van der Waals surface area contributed by atoms with Crippen molar-refractivity contribution in [1.82, 2.24) is 0 Å². The highest BCUT2D eigenvalue weighted by atomic mass is 35.5. The van der Waals surface area contributed by atoms with Crippen molar-refractivity contribution in [3.63, 3.8) is 0 Å². The van der Waals surface area contributed by atoms with Crippen LogP contribution in [0.4, 0.5) is 11.4 Å². The van der Waals surface area contributed by atoms with Crippen molar-refractivity contribution in [3.8, 4) is 11.5 Å². The van der Waals surface area contributed by atoms with Gasteiger partial charge < -0.3 is 14.8 Å². The molecule has 0 saturated heterocycles. The number of carbonyl (C=O) groups is 2. The molecule has 0 aliphatic heterocycles. The van der Waals surface area contributed by atoms with E-state index in [0.29, 0.717) is 11.8 Å². The fourth-order valence-corrected chi connectivity index (χ4v) is 2.55. The first kappa shape index (κ1) is 19.5. The predicted octanol–water partition coefficient (Wildman–Crippen LogP) is 3.74. The standard InChI is InChI=1S/C16H12Cl2N2O6/c1-25-14-4-9(7-21)2-3-13(14)26-8-15(22)19-16-11(17)5-10(20(23)24)6-12(16)18/h2-7H,8H2,1H3,(H,19,22). The molecule has 0 radical (unpaired) electrons. The molecule has 0 spiro atoms. The number of nitrogens with zero attached hydrogens (tertiary/aromatic N) is 1. The Morgan fingerprint density at radius 3 is 2.42 bits per heavy atom. The Bertz CT molecular complexity index is 849. The molecule has 2 aromatic rings. The summed E-state index contributed by atoms with van der Waals surface area (Å²) in [5.74, 6) is -0.0490. The summed E-state index contributed by atoms with van der Waals surface area (Å²) in [6.07, 6.45) is 0.650. The number of ether oxygens (including phenoxy) is 2. The van der Waals surface area contributed by atoms with E-state index in [9.17, 15) is 19.7 Å². The zero-order chi connectivity index (χ0) is 19.3. The molecule has 1 amide bonds. The number of nitro groups is 1. The SMILES string of the molecule is COc1cc(C=O)ccc1OCC(=O)Nc1c(Cl)cc([N+](=O)[O-])cc1Cl. The smallest absolute Gasteiger partial charge is 0.272 e. The molecule has 0 atom stereocenters. The van der Waals surface area contributed by atoms with E-state index in [2.05, 4.69) is 5.32 Å². The van der Waals surface area contributed by atoms with Crippen LogP contribution in [0.1, 0.15) is 10.4 Å². The van der Waals surface area contributed by atoms with E-state index in [0.717, 1.165) is 12.1 Å². The van der Waals surface area contributed by atoms with Gasteiger partial charge in [-0.3, -0.25) is 19.7 Å². The summed E-state index contributed by atoms with van der Waals surface area (Å²) in [6.45, 7) is -0.402. The molecule has 0 saturated carbocycles. The first-order valence-corrected chi connectivity index (χ1v) is 7.80. The summed E-state index contributed by atoms with van der Waals surface area (Å²) >= 11 is 11.8. The minimum atomic E-state index is -0.651. The minimum absolute atomic E-state index is 0.0378. The lowest BCUT2D eigenvalue weighted by atomic mass is 10.2. The van der Waals surface area contributed by atoms with E-state index < -0.39 is 17.4 Å². The summed E-state index contributed by atoms with van der Waals surface area (Å²) in [7, 11) is 1.40. The summed E-state index contributed by atoms with van der Waals surface area (Å²) in [4.78, 5) is 32.9. The van der Waals surface area contributed by atoms with Crippen LogP contribution in [-0.2, 0) is 4.79 Å². The van der Waals surface area contributed by atoms with Crippen LogP contribution in [0.5, 0.6) is 11.5 Å². The number of nitrogens with one attached hydrogen (secondary N) is 1. The van der Waals surface area contributed by atoms with E-state index in [1.807, 2.05) is 0 Å². The van der Waals surface area contributed by atoms with Gasteiger partial charge in [-0.2, -0.15) is 0 Å². The van der Waals surface area contributed by atoms with Gasteiger partial charge in [0.05, 0.1) is 27.8 Å². The molecule has 2 rings (SSSR count). The third-order valence-corrected chi connectivity index (χ3v) is 3.78. The molecule has 1 N–H and O–H groups in total. The molecule has 0 bridgehead atoms. The van der Waals surface area contributed by atoms with E-state index in [4.69, 9.17) is 32.7 Å². The molecule has 0 aliphatic carbocycles. The first-order chi connectivity index (χ1) is 12.3. The average molecular weight is 399 g/mol. The van der Waals surface area contributed by atoms with Crippen LogP contribution in [-0.4, -0.2) is 30.8 Å². The Morgan fingerprint density at radius 2 is 1.88 bits per heavy atom. The average Bonchev–Trinajstić information content (AvgIpc) is 2.62. The molecule has 0 aromatic heterocycles. The number of benzene rings is 2. The number of amides is 1. The first-order valence-electron chi connectivity index (χ1n) is 7.05. The van der Waals surface area contributed by atoms with Crippen LogP contribution in [0.25, 0.3) is 0 Å². The van der Waals surface area contributed by atoms with Crippen LogP contribution in [0.2, 0.25) is 10.0 Å². The summed E-state index contributed by atoms with van der Waals surface area (Å²) < 4.78 is 10.4. The molecular weight excluding hydrogens is 387 g/mol. The molecule has 2 aromatic carbocycles. The number of rotatable bonds is 7. The maximum Gasteiger partial charge on any atom is 0.272 e. The number of hydrogen-bond donors (Lipinski definition) is 1. The summed E-state index contributed by atoms with van der Waals surface area (Å²) in [5, 5.41) is 13.0. The lowest BCUT2D eigenvalue weighted by Crippen LogP contribution is -2.20. The number of hydrogen-bond acceptors (Lipinski definition) is 6. The highest BCUT2D eigenvalue weighted by molar-refractivity contribution is 6.40. The number of methoxy groups -OCH3 is 1. The van der Waals surface area contributed by atoms with Crippen LogP contribution < -0.4 is 14.8 Å². The second-order valence-corrected chi connectivity index (χ2v) is 5.72. The monoisotopic (exact) mass is 398 g/mol. The van der Waals surface area contributed by atoms with E-state index in [-0.39, 0.29) is 32.9 Å². The van der Waals surface area contributed by atoms with Gasteiger partial charge in [0, 0.05) is 17.7 Å². The topological polar surface area (TPSA) is 108 Å². The Labute approximate surface area is 157 Å². The molecule has 0 heterocycles. The lowest BCUT2D eigenvalue weighted by molar-refractivity contribution is -0.384. The second kappa shape index (κ2) is 8.50. The van der Waals surface area contributed by atoms with Crippen LogP contribution in [0.15, 0.2) is 30.3 Å². The van der Waals surface area contributed by atoms with Crippen molar-refractivity contribution in [2.24, 2.45) is 0 Å². The molecular formula is C16H12Cl2N2O6. The van der Waals surface area contributed by atoms with Crippen LogP contribution in [0.3, 0.4) is 0 Å². The normalized spacial score (nSPS) is 10.1. The van der Waals surface area contributed by atoms with Crippen molar-refractivity contribution in [2.45, 2.75) is 0 Å². The summed E-state index contributed by atoms with van der Waals surface area (Å²) in [5.41, 5.74) is 0.133. The maximum absolute atomic E-state index is 12.0. The van der Waals surface area contributed by atoms with E-state index in [1.54, 1.807) is 0 Å². The van der Waals surface area contributed by atoms with Gasteiger partial charge in [0.25, 0.3) is 11.6 Å².